The molecule has 0 radical (unpaired) electrons. The first-order chi connectivity index (χ1) is 13.7. The minimum absolute atomic E-state index is 0.142. The summed E-state index contributed by atoms with van der Waals surface area (Å²) in [5, 5.41) is 9.37. The van der Waals surface area contributed by atoms with Gasteiger partial charge in [-0.3, -0.25) is 4.79 Å². The molecule has 0 unspecified atom stereocenters. The zero-order chi connectivity index (χ0) is 19.6. The zero-order valence-corrected chi connectivity index (χ0v) is 16.6. The van der Waals surface area contributed by atoms with Crippen molar-refractivity contribution in [3.63, 3.8) is 0 Å². The maximum Gasteiger partial charge on any atom is 0.220 e. The Bertz CT molecular complexity index is 760. The molecule has 3 N–H and O–H groups in total. The van der Waals surface area contributed by atoms with E-state index in [9.17, 15) is 4.79 Å². The van der Waals surface area contributed by atoms with Crippen molar-refractivity contribution in [1.29, 1.82) is 0 Å². The Morgan fingerprint density at radius 3 is 2.64 bits per heavy atom. The second-order valence-electron chi connectivity index (χ2n) is 7.45. The van der Waals surface area contributed by atoms with Crippen molar-refractivity contribution in [3.8, 4) is 0 Å². The number of hydrogen-bond donors (Lipinski definition) is 3. The van der Waals surface area contributed by atoms with Gasteiger partial charge in [0.2, 0.25) is 5.91 Å². The molecular weight excluding hydrogens is 352 g/mol. The van der Waals surface area contributed by atoms with Gasteiger partial charge in [0.25, 0.3) is 0 Å². The lowest BCUT2D eigenvalue weighted by molar-refractivity contribution is -0.121. The number of nitrogens with zero attached hydrogens (tertiary/aromatic N) is 3. The first-order valence-corrected chi connectivity index (χ1v) is 10.2. The van der Waals surface area contributed by atoms with Gasteiger partial charge in [0.15, 0.2) is 0 Å². The van der Waals surface area contributed by atoms with Crippen LogP contribution in [-0.2, 0) is 4.79 Å². The highest BCUT2D eigenvalue weighted by molar-refractivity contribution is 5.75. The molecule has 1 saturated carbocycles. The molecule has 0 saturated heterocycles. The summed E-state index contributed by atoms with van der Waals surface area (Å²) in [5.74, 6) is 3.01. The Morgan fingerprint density at radius 2 is 1.82 bits per heavy atom. The minimum atomic E-state index is 0.142. The molecule has 1 aliphatic carbocycles. The number of rotatable bonds is 9. The molecule has 0 aromatic carbocycles. The number of nitrogens with one attached hydrogen (secondary N) is 3. The van der Waals surface area contributed by atoms with E-state index in [-0.39, 0.29) is 5.91 Å². The number of carbonyl (C=O) groups is 1. The normalized spacial score (nSPS) is 14.5. The fraction of sp³-hybridized carbons (Fsp3) is 0.524. The maximum absolute atomic E-state index is 12.0. The van der Waals surface area contributed by atoms with Gasteiger partial charge >= 0.3 is 0 Å². The van der Waals surface area contributed by atoms with E-state index in [4.69, 9.17) is 0 Å². The molecule has 1 aliphatic rings. The number of carbonyl (C=O) groups excluding carboxylic acids is 1. The monoisotopic (exact) mass is 382 g/mol. The van der Waals surface area contributed by atoms with E-state index >= 15 is 0 Å². The molecule has 7 nitrogen and oxygen atoms in total. The van der Waals surface area contributed by atoms with Gasteiger partial charge in [-0.2, -0.15) is 0 Å². The number of anilines is 3. The molecule has 28 heavy (non-hydrogen) atoms. The third-order valence-electron chi connectivity index (χ3n) is 5.10. The predicted molar refractivity (Wildman–Crippen MR) is 112 cm³/mol. The highest BCUT2D eigenvalue weighted by atomic mass is 16.1. The first kappa shape index (κ1) is 20.0. The molecule has 2 heterocycles. The van der Waals surface area contributed by atoms with E-state index in [0.717, 1.165) is 23.7 Å². The summed E-state index contributed by atoms with van der Waals surface area (Å²) in [6.07, 6.45) is 11.5. The molecule has 0 spiro atoms. The van der Waals surface area contributed by atoms with Crippen LogP contribution in [-0.4, -0.2) is 33.9 Å². The van der Waals surface area contributed by atoms with E-state index in [1.54, 1.807) is 6.20 Å². The van der Waals surface area contributed by atoms with Crippen LogP contribution in [0.1, 0.15) is 50.5 Å². The Hall–Kier alpha value is -2.70. The molecule has 2 aromatic heterocycles. The van der Waals surface area contributed by atoms with Crippen LogP contribution in [0.5, 0.6) is 0 Å². The van der Waals surface area contributed by atoms with Crippen molar-refractivity contribution in [2.75, 3.05) is 23.7 Å². The van der Waals surface area contributed by atoms with Gasteiger partial charge in [0.05, 0.1) is 0 Å². The highest BCUT2D eigenvalue weighted by Crippen LogP contribution is 2.27. The van der Waals surface area contributed by atoms with Gasteiger partial charge < -0.3 is 16.0 Å². The van der Waals surface area contributed by atoms with Gasteiger partial charge in [0, 0.05) is 31.8 Å². The topological polar surface area (TPSA) is 91.8 Å². The fourth-order valence-electron chi connectivity index (χ4n) is 3.55. The van der Waals surface area contributed by atoms with Crippen LogP contribution in [0.2, 0.25) is 0 Å². The van der Waals surface area contributed by atoms with E-state index in [0.29, 0.717) is 31.1 Å². The largest absolute Gasteiger partial charge is 0.368 e. The van der Waals surface area contributed by atoms with E-state index < -0.39 is 0 Å². The highest BCUT2D eigenvalue weighted by Gasteiger charge is 2.14. The van der Waals surface area contributed by atoms with Crippen molar-refractivity contribution in [1.82, 2.24) is 20.3 Å². The summed E-state index contributed by atoms with van der Waals surface area (Å²) in [7, 11) is 0. The van der Waals surface area contributed by atoms with Gasteiger partial charge in [-0.15, -0.1) is 0 Å². The first-order valence-electron chi connectivity index (χ1n) is 10.2. The second-order valence-corrected chi connectivity index (χ2v) is 7.45. The van der Waals surface area contributed by atoms with Crippen LogP contribution in [0.15, 0.2) is 30.7 Å². The van der Waals surface area contributed by atoms with E-state index in [2.05, 4.69) is 30.9 Å². The molecule has 2 aromatic rings. The van der Waals surface area contributed by atoms with Crippen molar-refractivity contribution in [2.24, 2.45) is 5.92 Å². The second kappa shape index (κ2) is 10.6. The lowest BCUT2D eigenvalue weighted by Gasteiger charge is -2.21. The molecule has 0 atom stereocenters. The molecule has 1 amide bonds. The SMILES string of the molecule is Cc1ccnc(Nc2cc(NCCNC(=O)CCC3CCCCC3)ncn2)c1. The quantitative estimate of drug-likeness (QED) is 0.571. The van der Waals surface area contributed by atoms with Crippen LogP contribution in [0.4, 0.5) is 17.5 Å². The van der Waals surface area contributed by atoms with Crippen LogP contribution in [0.3, 0.4) is 0 Å². The molecule has 150 valence electrons. The van der Waals surface area contributed by atoms with Crippen molar-refractivity contribution < 1.29 is 4.79 Å². The summed E-state index contributed by atoms with van der Waals surface area (Å²) < 4.78 is 0. The third kappa shape index (κ3) is 6.79. The Kier molecular flexibility index (Phi) is 7.58. The number of aromatic nitrogens is 3. The smallest absolute Gasteiger partial charge is 0.220 e. The predicted octanol–water partition coefficient (Wildman–Crippen LogP) is 3.81. The van der Waals surface area contributed by atoms with Gasteiger partial charge in [-0.05, 0) is 37.0 Å². The van der Waals surface area contributed by atoms with Crippen LogP contribution >= 0.6 is 0 Å². The average Bonchev–Trinajstić information content (AvgIpc) is 2.71. The summed E-state index contributed by atoms with van der Waals surface area (Å²) in [6.45, 7) is 3.22. The summed E-state index contributed by atoms with van der Waals surface area (Å²) in [6, 6.07) is 5.73. The van der Waals surface area contributed by atoms with E-state index in [1.165, 1.54) is 38.4 Å². The molecule has 7 heteroatoms. The van der Waals surface area contributed by atoms with Crippen molar-refractivity contribution in [3.05, 3.63) is 36.3 Å². The Balaban J connectivity index is 1.36. The average molecular weight is 383 g/mol. The standard InChI is InChI=1S/C21H30N6O/c1-16-9-10-22-19(13-16)27-20-14-18(25-15-26-20)23-11-12-24-21(28)8-7-17-5-3-2-4-6-17/h9-10,13-15,17H,2-8,11-12H2,1H3,(H,24,28)(H2,22,23,25,26,27). The van der Waals surface area contributed by atoms with Crippen molar-refractivity contribution >= 4 is 23.4 Å². The fourth-order valence-corrected chi connectivity index (χ4v) is 3.55. The summed E-state index contributed by atoms with van der Waals surface area (Å²) in [5.41, 5.74) is 1.13. The molecular formula is C21H30N6O. The number of hydrogen-bond acceptors (Lipinski definition) is 6. The molecule has 1 fully saturated rings. The van der Waals surface area contributed by atoms with Crippen molar-refractivity contribution in [2.45, 2.75) is 51.9 Å². The number of amides is 1. The van der Waals surface area contributed by atoms with Gasteiger partial charge in [-0.1, -0.05) is 32.1 Å². The van der Waals surface area contributed by atoms with E-state index in [1.807, 2.05) is 25.1 Å². The number of aryl methyl sites for hydroxylation is 1. The minimum Gasteiger partial charge on any atom is -0.368 e. The van der Waals surface area contributed by atoms with Crippen LogP contribution in [0.25, 0.3) is 0 Å². The molecule has 3 rings (SSSR count). The summed E-state index contributed by atoms with van der Waals surface area (Å²) >= 11 is 0. The van der Waals surface area contributed by atoms with Gasteiger partial charge in [-0.25, -0.2) is 15.0 Å². The number of pyridine rings is 1. The Labute approximate surface area is 166 Å². The molecule has 0 aliphatic heterocycles. The lowest BCUT2D eigenvalue weighted by atomic mass is 9.86. The van der Waals surface area contributed by atoms with Gasteiger partial charge in [0.1, 0.15) is 23.8 Å². The Morgan fingerprint density at radius 1 is 1.04 bits per heavy atom. The lowest BCUT2D eigenvalue weighted by Crippen LogP contribution is -2.29. The summed E-state index contributed by atoms with van der Waals surface area (Å²) in [4.78, 5) is 24.7. The zero-order valence-electron chi connectivity index (χ0n) is 16.6. The van der Waals surface area contributed by atoms with Crippen LogP contribution in [0, 0.1) is 12.8 Å². The maximum atomic E-state index is 12.0. The molecule has 0 bridgehead atoms. The van der Waals surface area contributed by atoms with Crippen LogP contribution < -0.4 is 16.0 Å². The third-order valence-corrected chi connectivity index (χ3v) is 5.10.